The van der Waals surface area contributed by atoms with Gasteiger partial charge in [0, 0.05) is 45.0 Å². The van der Waals surface area contributed by atoms with Crippen molar-refractivity contribution in [1.29, 1.82) is 0 Å². The summed E-state index contributed by atoms with van der Waals surface area (Å²) in [6, 6.07) is 0. The van der Waals surface area contributed by atoms with Gasteiger partial charge in [-0.1, -0.05) is 0 Å². The summed E-state index contributed by atoms with van der Waals surface area (Å²) in [7, 11) is 1.94. The zero-order chi connectivity index (χ0) is 14.5. The molecular formula is C14H26ClN5O. The van der Waals surface area contributed by atoms with Crippen molar-refractivity contribution in [3.05, 3.63) is 17.5 Å². The summed E-state index contributed by atoms with van der Waals surface area (Å²) in [5.74, 6) is 0.232. The molecule has 1 saturated heterocycles. The van der Waals surface area contributed by atoms with Gasteiger partial charge in [-0.25, -0.2) is 0 Å². The lowest BCUT2D eigenvalue weighted by Gasteiger charge is -2.31. The first-order valence-electron chi connectivity index (χ1n) is 7.29. The fraction of sp³-hybridized carbons (Fsp3) is 0.714. The minimum atomic E-state index is 0. The number of aryl methyl sites for hydroxylation is 2. The summed E-state index contributed by atoms with van der Waals surface area (Å²) in [5.41, 5.74) is 7.74. The maximum Gasteiger partial charge on any atom is 0.224 e. The van der Waals surface area contributed by atoms with Gasteiger partial charge in [-0.3, -0.25) is 14.4 Å². The standard InChI is InChI=1S/C14H25N5O.ClH/c1-11-13(8-18(2)17-11)10-19-7-3-4-12(9-19)14(20)16-6-5-15;/h8,12H,3-7,9-10,15H2,1-2H3,(H,16,20);1H. The van der Waals surface area contributed by atoms with Crippen molar-refractivity contribution in [2.75, 3.05) is 26.2 Å². The summed E-state index contributed by atoms with van der Waals surface area (Å²) in [5, 5.41) is 7.26. The van der Waals surface area contributed by atoms with Gasteiger partial charge < -0.3 is 11.1 Å². The topological polar surface area (TPSA) is 76.2 Å². The second kappa shape index (κ2) is 8.36. The Morgan fingerprint density at radius 3 is 2.95 bits per heavy atom. The van der Waals surface area contributed by atoms with Crippen molar-refractivity contribution >= 4 is 18.3 Å². The number of nitrogens with one attached hydrogen (secondary N) is 1. The van der Waals surface area contributed by atoms with E-state index in [0.717, 1.165) is 38.2 Å². The van der Waals surface area contributed by atoms with Crippen LogP contribution in [0.15, 0.2) is 6.20 Å². The molecule has 1 aliphatic heterocycles. The van der Waals surface area contributed by atoms with Crippen LogP contribution < -0.4 is 11.1 Å². The lowest BCUT2D eigenvalue weighted by molar-refractivity contribution is -0.126. The zero-order valence-corrected chi connectivity index (χ0v) is 13.7. The Morgan fingerprint density at radius 2 is 2.33 bits per heavy atom. The van der Waals surface area contributed by atoms with E-state index in [0.29, 0.717) is 13.1 Å². The number of piperidine rings is 1. The third-order valence-corrected chi connectivity index (χ3v) is 3.83. The van der Waals surface area contributed by atoms with Crippen LogP contribution in [0, 0.1) is 12.8 Å². The highest BCUT2D eigenvalue weighted by molar-refractivity contribution is 5.85. The predicted molar refractivity (Wildman–Crippen MR) is 85.3 cm³/mol. The molecule has 7 heteroatoms. The second-order valence-corrected chi connectivity index (χ2v) is 5.57. The molecule has 21 heavy (non-hydrogen) atoms. The van der Waals surface area contributed by atoms with Crippen molar-refractivity contribution in [3.63, 3.8) is 0 Å². The van der Waals surface area contributed by atoms with Gasteiger partial charge in [0.2, 0.25) is 5.91 Å². The van der Waals surface area contributed by atoms with Gasteiger partial charge in [0.15, 0.2) is 0 Å². The summed E-state index contributed by atoms with van der Waals surface area (Å²) >= 11 is 0. The van der Waals surface area contributed by atoms with E-state index in [4.69, 9.17) is 5.73 Å². The predicted octanol–water partition coefficient (Wildman–Crippen LogP) is 0.437. The van der Waals surface area contributed by atoms with Crippen LogP contribution >= 0.6 is 12.4 Å². The molecule has 6 nitrogen and oxygen atoms in total. The van der Waals surface area contributed by atoms with Crippen LogP contribution in [-0.4, -0.2) is 46.8 Å². The highest BCUT2D eigenvalue weighted by Crippen LogP contribution is 2.19. The minimum absolute atomic E-state index is 0. The zero-order valence-electron chi connectivity index (χ0n) is 12.8. The number of rotatable bonds is 5. The van der Waals surface area contributed by atoms with Gasteiger partial charge in [0.05, 0.1) is 11.6 Å². The van der Waals surface area contributed by atoms with Crippen molar-refractivity contribution in [2.45, 2.75) is 26.3 Å². The van der Waals surface area contributed by atoms with Gasteiger partial charge in [-0.2, -0.15) is 5.10 Å². The first-order chi connectivity index (χ1) is 9.60. The molecule has 0 spiro atoms. The number of amides is 1. The number of hydrogen-bond donors (Lipinski definition) is 2. The lowest BCUT2D eigenvalue weighted by Crippen LogP contribution is -2.43. The molecule has 1 fully saturated rings. The molecule has 1 unspecified atom stereocenters. The van der Waals surface area contributed by atoms with Crippen molar-refractivity contribution in [3.8, 4) is 0 Å². The molecule has 2 heterocycles. The first kappa shape index (κ1) is 17.9. The fourth-order valence-electron chi connectivity index (χ4n) is 2.80. The van der Waals surface area contributed by atoms with E-state index in [9.17, 15) is 4.79 Å². The maximum atomic E-state index is 12.0. The van der Waals surface area contributed by atoms with E-state index >= 15 is 0 Å². The first-order valence-corrected chi connectivity index (χ1v) is 7.29. The highest BCUT2D eigenvalue weighted by atomic mass is 35.5. The highest BCUT2D eigenvalue weighted by Gasteiger charge is 2.25. The van der Waals surface area contributed by atoms with Gasteiger partial charge in [-0.15, -0.1) is 12.4 Å². The largest absolute Gasteiger partial charge is 0.355 e. The Bertz CT molecular complexity index is 462. The molecule has 0 bridgehead atoms. The molecule has 2 rings (SSSR count). The molecule has 1 aliphatic rings. The average Bonchev–Trinajstić information content (AvgIpc) is 2.74. The Morgan fingerprint density at radius 1 is 1.57 bits per heavy atom. The summed E-state index contributed by atoms with van der Waals surface area (Å²) < 4.78 is 1.85. The maximum absolute atomic E-state index is 12.0. The van der Waals surface area contributed by atoms with Gasteiger partial charge in [0.1, 0.15) is 0 Å². The Labute approximate surface area is 132 Å². The average molecular weight is 316 g/mol. The number of likely N-dealkylation sites (tertiary alicyclic amines) is 1. The van der Waals surface area contributed by atoms with Crippen LogP contribution in [0.4, 0.5) is 0 Å². The van der Waals surface area contributed by atoms with Gasteiger partial charge in [-0.05, 0) is 26.3 Å². The van der Waals surface area contributed by atoms with E-state index in [-0.39, 0.29) is 24.2 Å². The molecular weight excluding hydrogens is 290 g/mol. The minimum Gasteiger partial charge on any atom is -0.355 e. The molecule has 0 radical (unpaired) electrons. The van der Waals surface area contributed by atoms with Crippen LogP contribution in [0.25, 0.3) is 0 Å². The summed E-state index contributed by atoms with van der Waals surface area (Å²) in [6.07, 6.45) is 4.10. The Balaban J connectivity index is 0.00000220. The molecule has 0 aliphatic carbocycles. The Kier molecular flexibility index (Phi) is 7.14. The smallest absolute Gasteiger partial charge is 0.224 e. The molecule has 1 amide bonds. The quantitative estimate of drug-likeness (QED) is 0.826. The SMILES string of the molecule is Cc1nn(C)cc1CN1CCCC(C(=O)NCCN)C1.Cl. The van der Waals surface area contributed by atoms with E-state index in [1.165, 1.54) is 5.56 Å². The number of nitrogens with two attached hydrogens (primary N) is 1. The van der Waals surface area contributed by atoms with Crippen LogP contribution in [0.3, 0.4) is 0 Å². The molecule has 3 N–H and O–H groups in total. The number of hydrogen-bond acceptors (Lipinski definition) is 4. The van der Waals surface area contributed by atoms with Crippen LogP contribution in [0.2, 0.25) is 0 Å². The molecule has 1 aromatic heterocycles. The normalized spacial score (nSPS) is 19.1. The van der Waals surface area contributed by atoms with Crippen LogP contribution in [0.1, 0.15) is 24.1 Å². The van der Waals surface area contributed by atoms with Crippen molar-refractivity contribution < 1.29 is 4.79 Å². The number of carbonyl (C=O) groups excluding carboxylic acids is 1. The monoisotopic (exact) mass is 315 g/mol. The number of nitrogens with zero attached hydrogens (tertiary/aromatic N) is 3. The number of aromatic nitrogens is 2. The van der Waals surface area contributed by atoms with E-state index in [1.807, 2.05) is 18.7 Å². The van der Waals surface area contributed by atoms with E-state index in [2.05, 4.69) is 21.5 Å². The molecule has 0 saturated carbocycles. The van der Waals surface area contributed by atoms with Crippen molar-refractivity contribution in [1.82, 2.24) is 20.0 Å². The van der Waals surface area contributed by atoms with Gasteiger partial charge in [0.25, 0.3) is 0 Å². The van der Waals surface area contributed by atoms with Crippen LogP contribution in [0.5, 0.6) is 0 Å². The van der Waals surface area contributed by atoms with Crippen LogP contribution in [-0.2, 0) is 18.4 Å². The van der Waals surface area contributed by atoms with E-state index in [1.54, 1.807) is 0 Å². The third-order valence-electron chi connectivity index (χ3n) is 3.83. The summed E-state index contributed by atoms with van der Waals surface area (Å²) in [4.78, 5) is 14.4. The molecule has 1 atom stereocenters. The van der Waals surface area contributed by atoms with Gasteiger partial charge >= 0.3 is 0 Å². The Hall–Kier alpha value is -1.11. The van der Waals surface area contributed by atoms with Crippen molar-refractivity contribution in [2.24, 2.45) is 18.7 Å². The molecule has 120 valence electrons. The number of carbonyl (C=O) groups is 1. The summed E-state index contributed by atoms with van der Waals surface area (Å²) in [6.45, 7) is 5.85. The third kappa shape index (κ3) is 4.98. The molecule has 1 aromatic rings. The number of halogens is 1. The fourth-order valence-corrected chi connectivity index (χ4v) is 2.80. The molecule has 0 aromatic carbocycles. The second-order valence-electron chi connectivity index (χ2n) is 5.57. The lowest BCUT2D eigenvalue weighted by atomic mass is 9.96. The van der Waals surface area contributed by atoms with E-state index < -0.39 is 0 Å².